The highest BCUT2D eigenvalue weighted by Crippen LogP contribution is 2.32. The first-order chi connectivity index (χ1) is 13.5. The van der Waals surface area contributed by atoms with E-state index in [1.807, 2.05) is 36.6 Å². The smallest absolute Gasteiger partial charge is 0.230 e. The minimum absolute atomic E-state index is 0.137. The number of hydrogen-bond acceptors (Lipinski definition) is 5. The van der Waals surface area contributed by atoms with E-state index in [1.54, 1.807) is 24.3 Å². The highest BCUT2D eigenvalue weighted by Gasteiger charge is 2.12. The molecule has 1 aromatic heterocycles. The van der Waals surface area contributed by atoms with Crippen LogP contribution in [0.3, 0.4) is 0 Å². The Morgan fingerprint density at radius 2 is 1.71 bits per heavy atom. The summed E-state index contributed by atoms with van der Waals surface area (Å²) in [5.41, 5.74) is 2.98. The Labute approximate surface area is 167 Å². The molecule has 0 radical (unpaired) electrons. The number of ether oxygens (including phenoxy) is 1. The second kappa shape index (κ2) is 9.14. The van der Waals surface area contributed by atoms with Gasteiger partial charge in [-0.1, -0.05) is 12.1 Å². The van der Waals surface area contributed by atoms with Gasteiger partial charge in [-0.2, -0.15) is 0 Å². The maximum atomic E-state index is 12.3. The van der Waals surface area contributed by atoms with Crippen LogP contribution >= 0.6 is 11.3 Å². The molecule has 0 saturated carbocycles. The Bertz CT molecular complexity index is 967. The second-order valence-electron chi connectivity index (χ2n) is 6.06. The van der Waals surface area contributed by atoms with E-state index in [9.17, 15) is 9.59 Å². The summed E-state index contributed by atoms with van der Waals surface area (Å²) in [5.74, 6) is 0.499. The van der Waals surface area contributed by atoms with Crippen molar-refractivity contribution in [1.29, 1.82) is 0 Å². The third-order valence-corrected chi connectivity index (χ3v) is 4.72. The molecular formula is C21H21N3O3S. The van der Waals surface area contributed by atoms with Gasteiger partial charge in [0.2, 0.25) is 11.8 Å². The number of amides is 2. The summed E-state index contributed by atoms with van der Waals surface area (Å²) in [6, 6.07) is 14.7. The second-order valence-corrected chi connectivity index (χ2v) is 6.91. The van der Waals surface area contributed by atoms with Crippen molar-refractivity contribution in [2.24, 2.45) is 0 Å². The van der Waals surface area contributed by atoms with E-state index >= 15 is 0 Å². The summed E-state index contributed by atoms with van der Waals surface area (Å²) in [4.78, 5) is 27.9. The minimum Gasteiger partial charge on any atom is -0.493 e. The number of hydrogen-bond donors (Lipinski definition) is 2. The number of benzene rings is 2. The fourth-order valence-electron chi connectivity index (χ4n) is 2.65. The van der Waals surface area contributed by atoms with Gasteiger partial charge in [0.15, 0.2) is 0 Å². The van der Waals surface area contributed by atoms with Crippen molar-refractivity contribution in [3.8, 4) is 16.3 Å². The molecule has 1 heterocycles. The van der Waals surface area contributed by atoms with Crippen molar-refractivity contribution >= 4 is 34.5 Å². The summed E-state index contributed by atoms with van der Waals surface area (Å²) in [6.45, 7) is 3.97. The van der Waals surface area contributed by atoms with Crippen LogP contribution in [-0.4, -0.2) is 23.4 Å². The quantitative estimate of drug-likeness (QED) is 0.623. The van der Waals surface area contributed by atoms with Gasteiger partial charge in [0.05, 0.1) is 24.3 Å². The predicted molar refractivity (Wildman–Crippen MR) is 112 cm³/mol. The Kier molecular flexibility index (Phi) is 6.39. The molecule has 2 aromatic carbocycles. The molecular weight excluding hydrogens is 374 g/mol. The third kappa shape index (κ3) is 5.17. The molecule has 0 atom stereocenters. The molecule has 7 heteroatoms. The van der Waals surface area contributed by atoms with Crippen molar-refractivity contribution in [1.82, 2.24) is 4.98 Å². The molecule has 0 aliphatic rings. The SMILES string of the molecule is CCOc1ccccc1-c1nc(CC(=O)Nc2ccc(NC(C)=O)cc2)cs1. The lowest BCUT2D eigenvalue weighted by Gasteiger charge is -2.07. The Morgan fingerprint density at radius 3 is 2.39 bits per heavy atom. The van der Waals surface area contributed by atoms with Gasteiger partial charge in [0.1, 0.15) is 10.8 Å². The number of nitrogens with zero attached hydrogens (tertiary/aromatic N) is 1. The highest BCUT2D eigenvalue weighted by atomic mass is 32.1. The van der Waals surface area contributed by atoms with Gasteiger partial charge >= 0.3 is 0 Å². The molecule has 3 rings (SSSR count). The largest absolute Gasteiger partial charge is 0.493 e. The van der Waals surface area contributed by atoms with Gasteiger partial charge in [-0.25, -0.2) is 4.98 Å². The number of nitrogens with one attached hydrogen (secondary N) is 2. The van der Waals surface area contributed by atoms with Crippen LogP contribution < -0.4 is 15.4 Å². The van der Waals surface area contributed by atoms with Crippen molar-refractivity contribution in [2.45, 2.75) is 20.3 Å². The summed E-state index contributed by atoms with van der Waals surface area (Å²) < 4.78 is 5.66. The van der Waals surface area contributed by atoms with Crippen LogP contribution in [0.2, 0.25) is 0 Å². The number of rotatable bonds is 7. The molecule has 0 aliphatic heterocycles. The first-order valence-corrected chi connectivity index (χ1v) is 9.77. The van der Waals surface area contributed by atoms with E-state index in [1.165, 1.54) is 18.3 Å². The maximum absolute atomic E-state index is 12.3. The Hall–Kier alpha value is -3.19. The summed E-state index contributed by atoms with van der Waals surface area (Å²) in [5, 5.41) is 8.24. The third-order valence-electron chi connectivity index (χ3n) is 3.80. The van der Waals surface area contributed by atoms with E-state index in [4.69, 9.17) is 4.74 Å². The average molecular weight is 395 g/mol. The van der Waals surface area contributed by atoms with Crippen LogP contribution in [0.5, 0.6) is 5.75 Å². The number of anilines is 2. The van der Waals surface area contributed by atoms with Crippen molar-refractivity contribution in [3.05, 3.63) is 59.6 Å². The Morgan fingerprint density at radius 1 is 1.04 bits per heavy atom. The van der Waals surface area contributed by atoms with Crippen molar-refractivity contribution in [3.63, 3.8) is 0 Å². The molecule has 2 amide bonds. The monoisotopic (exact) mass is 395 g/mol. The van der Waals surface area contributed by atoms with Gasteiger partial charge in [-0.05, 0) is 43.3 Å². The number of aromatic nitrogens is 1. The lowest BCUT2D eigenvalue weighted by atomic mass is 10.2. The van der Waals surface area contributed by atoms with Gasteiger partial charge < -0.3 is 15.4 Å². The fourth-order valence-corrected chi connectivity index (χ4v) is 3.50. The van der Waals surface area contributed by atoms with Crippen LogP contribution in [0.4, 0.5) is 11.4 Å². The minimum atomic E-state index is -0.151. The predicted octanol–water partition coefficient (Wildman–Crippen LogP) is 4.35. The molecule has 0 spiro atoms. The molecule has 144 valence electrons. The number of thiazole rings is 1. The number of carbonyl (C=O) groups is 2. The zero-order valence-corrected chi connectivity index (χ0v) is 16.5. The van der Waals surface area contributed by atoms with Crippen molar-refractivity contribution in [2.75, 3.05) is 17.2 Å². The van der Waals surface area contributed by atoms with Gasteiger partial charge in [-0.15, -0.1) is 11.3 Å². The van der Waals surface area contributed by atoms with E-state index in [0.717, 1.165) is 16.3 Å². The van der Waals surface area contributed by atoms with Gasteiger partial charge in [0.25, 0.3) is 0 Å². The lowest BCUT2D eigenvalue weighted by molar-refractivity contribution is -0.116. The molecule has 0 aliphatic carbocycles. The average Bonchev–Trinajstić information content (AvgIpc) is 3.12. The van der Waals surface area contributed by atoms with E-state index in [2.05, 4.69) is 15.6 Å². The zero-order chi connectivity index (χ0) is 19.9. The zero-order valence-electron chi connectivity index (χ0n) is 15.7. The number of para-hydroxylation sites is 1. The van der Waals surface area contributed by atoms with Crippen LogP contribution in [0.25, 0.3) is 10.6 Å². The molecule has 2 N–H and O–H groups in total. The molecule has 6 nitrogen and oxygen atoms in total. The fraction of sp³-hybridized carbons (Fsp3) is 0.190. The standard InChI is InChI=1S/C21H21N3O3S/c1-3-27-19-7-5-4-6-18(19)21-24-17(13-28-21)12-20(26)23-16-10-8-15(9-11-16)22-14(2)25/h4-11,13H,3,12H2,1-2H3,(H,22,25)(H,23,26). The summed E-state index contributed by atoms with van der Waals surface area (Å²) >= 11 is 1.49. The van der Waals surface area contributed by atoms with E-state index < -0.39 is 0 Å². The van der Waals surface area contributed by atoms with Crippen LogP contribution in [0, 0.1) is 0 Å². The van der Waals surface area contributed by atoms with E-state index in [-0.39, 0.29) is 18.2 Å². The molecule has 28 heavy (non-hydrogen) atoms. The first-order valence-electron chi connectivity index (χ1n) is 8.89. The van der Waals surface area contributed by atoms with E-state index in [0.29, 0.717) is 23.7 Å². The van der Waals surface area contributed by atoms with Gasteiger partial charge in [0, 0.05) is 23.7 Å². The van der Waals surface area contributed by atoms with Crippen LogP contribution in [-0.2, 0) is 16.0 Å². The van der Waals surface area contributed by atoms with Crippen LogP contribution in [0.1, 0.15) is 19.5 Å². The van der Waals surface area contributed by atoms with Gasteiger partial charge in [-0.3, -0.25) is 9.59 Å². The lowest BCUT2D eigenvalue weighted by Crippen LogP contribution is -2.14. The molecule has 0 bridgehead atoms. The normalized spacial score (nSPS) is 10.4. The molecule has 0 unspecified atom stereocenters. The van der Waals surface area contributed by atoms with Crippen LogP contribution in [0.15, 0.2) is 53.9 Å². The summed E-state index contributed by atoms with van der Waals surface area (Å²) in [6.07, 6.45) is 0.181. The maximum Gasteiger partial charge on any atom is 0.230 e. The highest BCUT2D eigenvalue weighted by molar-refractivity contribution is 7.13. The molecule has 0 fully saturated rings. The Balaban J connectivity index is 1.63. The van der Waals surface area contributed by atoms with Crippen molar-refractivity contribution < 1.29 is 14.3 Å². The topological polar surface area (TPSA) is 80.3 Å². The number of carbonyl (C=O) groups excluding carboxylic acids is 2. The first kappa shape index (κ1) is 19.6. The molecule has 0 saturated heterocycles. The summed E-state index contributed by atoms with van der Waals surface area (Å²) in [7, 11) is 0. The molecule has 3 aromatic rings.